The van der Waals surface area contributed by atoms with E-state index in [9.17, 15) is 4.79 Å². The average Bonchev–Trinajstić information content (AvgIpc) is 2.28. The fourth-order valence-electron chi connectivity index (χ4n) is 1.62. The summed E-state index contributed by atoms with van der Waals surface area (Å²) in [5, 5.41) is 8.94. The van der Waals surface area contributed by atoms with Crippen LogP contribution in [0.3, 0.4) is 0 Å². The molecule has 0 rings (SSSR count). The van der Waals surface area contributed by atoms with E-state index in [1.54, 1.807) is 11.8 Å². The lowest BCUT2D eigenvalue weighted by Crippen LogP contribution is -2.47. The highest BCUT2D eigenvalue weighted by Gasteiger charge is 2.32. The molecule has 3 nitrogen and oxygen atoms in total. The summed E-state index contributed by atoms with van der Waals surface area (Å²) in [4.78, 5) is 10.9. The van der Waals surface area contributed by atoms with Gasteiger partial charge in [-0.1, -0.05) is 33.1 Å². The highest BCUT2D eigenvalue weighted by molar-refractivity contribution is 8.00. The van der Waals surface area contributed by atoms with Crippen molar-refractivity contribution < 1.29 is 9.90 Å². The number of thioether (sulfide) groups is 1. The molecule has 102 valence electrons. The van der Waals surface area contributed by atoms with Gasteiger partial charge in [0.25, 0.3) is 0 Å². The Morgan fingerprint density at radius 1 is 1.41 bits per heavy atom. The van der Waals surface area contributed by atoms with Crippen LogP contribution in [0.2, 0.25) is 0 Å². The summed E-state index contributed by atoms with van der Waals surface area (Å²) in [5.74, 6) is 0.772. The van der Waals surface area contributed by atoms with E-state index in [4.69, 9.17) is 10.8 Å². The molecule has 0 aromatic carbocycles. The van der Waals surface area contributed by atoms with Gasteiger partial charge < -0.3 is 10.8 Å². The molecule has 0 aromatic rings. The first-order valence-corrected chi connectivity index (χ1v) is 7.46. The minimum atomic E-state index is -0.913. The minimum absolute atomic E-state index is 0.397. The molecule has 0 aliphatic rings. The number of carboxylic acids is 1. The molecule has 0 saturated carbocycles. The number of carbonyl (C=O) groups is 1. The van der Waals surface area contributed by atoms with E-state index in [-0.39, 0.29) is 0 Å². The second-order valence-electron chi connectivity index (χ2n) is 5.15. The summed E-state index contributed by atoms with van der Waals surface area (Å²) >= 11 is 1.69. The number of nitrogens with two attached hydrogens (primary N) is 1. The lowest BCUT2D eigenvalue weighted by Gasteiger charge is -2.29. The number of hydrogen-bond donors (Lipinski definition) is 2. The number of carboxylic acid groups (broad SMARTS) is 1. The molecule has 3 N–H and O–H groups in total. The Morgan fingerprint density at radius 2 is 2.00 bits per heavy atom. The third-order valence-corrected chi connectivity index (χ3v) is 4.89. The van der Waals surface area contributed by atoms with E-state index >= 15 is 0 Å². The van der Waals surface area contributed by atoms with Crippen LogP contribution in [0.4, 0.5) is 0 Å². The molecule has 0 amide bonds. The molecule has 4 heteroatoms. The molecule has 0 aliphatic heterocycles. The van der Waals surface area contributed by atoms with Crippen LogP contribution in [0.25, 0.3) is 0 Å². The summed E-state index contributed by atoms with van der Waals surface area (Å²) in [7, 11) is 0. The molecule has 0 heterocycles. The van der Waals surface area contributed by atoms with Gasteiger partial charge in [-0.15, -0.1) is 0 Å². The number of rotatable bonds is 9. The third kappa shape index (κ3) is 6.32. The molecule has 0 spiro atoms. The summed E-state index contributed by atoms with van der Waals surface area (Å²) in [6.07, 6.45) is 4.87. The van der Waals surface area contributed by atoms with Crippen molar-refractivity contribution in [2.45, 2.75) is 64.2 Å². The average molecular weight is 261 g/mol. The maximum Gasteiger partial charge on any atom is 0.321 e. The van der Waals surface area contributed by atoms with Crippen molar-refractivity contribution in [3.05, 3.63) is 0 Å². The van der Waals surface area contributed by atoms with Crippen molar-refractivity contribution in [1.29, 1.82) is 0 Å². The Balaban J connectivity index is 4.18. The van der Waals surface area contributed by atoms with E-state index in [1.165, 1.54) is 19.3 Å². The van der Waals surface area contributed by atoms with Gasteiger partial charge in [0, 0.05) is 4.75 Å². The lowest BCUT2D eigenvalue weighted by atomic mass is 10.0. The van der Waals surface area contributed by atoms with Crippen molar-refractivity contribution in [3.63, 3.8) is 0 Å². The SMILES string of the molecule is CCCCC(CC)CSC(C)(C)[C@H](N)C(=O)O. The van der Waals surface area contributed by atoms with E-state index < -0.39 is 16.8 Å². The fraction of sp³-hybridized carbons (Fsp3) is 0.923. The third-order valence-electron chi connectivity index (χ3n) is 3.25. The number of unbranched alkanes of at least 4 members (excludes halogenated alkanes) is 1. The number of hydrogen-bond acceptors (Lipinski definition) is 3. The van der Waals surface area contributed by atoms with Crippen LogP contribution in [-0.4, -0.2) is 27.6 Å². The Bertz CT molecular complexity index is 231. The smallest absolute Gasteiger partial charge is 0.321 e. The van der Waals surface area contributed by atoms with Gasteiger partial charge in [0.05, 0.1) is 0 Å². The Hall–Kier alpha value is -0.220. The standard InChI is InChI=1S/C13H27NO2S/c1-5-7-8-10(6-2)9-17-13(3,4)11(14)12(15)16/h10-11H,5-9,14H2,1-4H3,(H,15,16)/t10?,11-/m1/s1. The molecule has 17 heavy (non-hydrogen) atoms. The maximum absolute atomic E-state index is 10.9. The molecular weight excluding hydrogens is 234 g/mol. The van der Waals surface area contributed by atoms with Crippen LogP contribution in [0.5, 0.6) is 0 Å². The zero-order valence-electron chi connectivity index (χ0n) is 11.5. The highest BCUT2D eigenvalue weighted by atomic mass is 32.2. The molecule has 0 aromatic heterocycles. The molecular formula is C13H27NO2S. The molecule has 0 radical (unpaired) electrons. The topological polar surface area (TPSA) is 63.3 Å². The van der Waals surface area contributed by atoms with Gasteiger partial charge in [-0.2, -0.15) is 11.8 Å². The second kappa shape index (κ2) is 7.98. The molecule has 0 aliphatic carbocycles. The summed E-state index contributed by atoms with van der Waals surface area (Å²) < 4.78 is -0.397. The highest BCUT2D eigenvalue weighted by Crippen LogP contribution is 2.31. The van der Waals surface area contributed by atoms with Gasteiger partial charge in [-0.25, -0.2) is 0 Å². The Morgan fingerprint density at radius 3 is 2.41 bits per heavy atom. The molecule has 0 bridgehead atoms. The molecule has 2 atom stereocenters. The van der Waals surface area contributed by atoms with E-state index in [0.717, 1.165) is 12.2 Å². The van der Waals surface area contributed by atoms with Gasteiger partial charge in [0.2, 0.25) is 0 Å². The maximum atomic E-state index is 10.9. The zero-order valence-corrected chi connectivity index (χ0v) is 12.3. The van der Waals surface area contributed by atoms with Crippen LogP contribution in [0.15, 0.2) is 0 Å². The first-order valence-electron chi connectivity index (χ1n) is 6.47. The van der Waals surface area contributed by atoms with Crippen molar-refractivity contribution in [1.82, 2.24) is 0 Å². The predicted molar refractivity (Wildman–Crippen MR) is 75.5 cm³/mol. The quantitative estimate of drug-likeness (QED) is 0.669. The lowest BCUT2D eigenvalue weighted by molar-refractivity contribution is -0.139. The van der Waals surface area contributed by atoms with Crippen LogP contribution < -0.4 is 5.73 Å². The van der Waals surface area contributed by atoms with Crippen LogP contribution >= 0.6 is 11.8 Å². The van der Waals surface area contributed by atoms with Crippen molar-refractivity contribution >= 4 is 17.7 Å². The zero-order chi connectivity index (χ0) is 13.5. The predicted octanol–water partition coefficient (Wildman–Crippen LogP) is 3.13. The fourth-order valence-corrected chi connectivity index (χ4v) is 2.97. The summed E-state index contributed by atoms with van der Waals surface area (Å²) in [6, 6.07) is -0.795. The van der Waals surface area contributed by atoms with E-state index in [2.05, 4.69) is 13.8 Å². The van der Waals surface area contributed by atoms with Crippen LogP contribution in [0, 0.1) is 5.92 Å². The first-order chi connectivity index (χ1) is 7.85. The van der Waals surface area contributed by atoms with Crippen LogP contribution in [0.1, 0.15) is 53.4 Å². The minimum Gasteiger partial charge on any atom is -0.480 e. The van der Waals surface area contributed by atoms with Crippen molar-refractivity contribution in [2.24, 2.45) is 11.7 Å². The van der Waals surface area contributed by atoms with Gasteiger partial charge in [-0.05, 0) is 31.9 Å². The molecule has 0 fully saturated rings. The Labute approximate surface area is 110 Å². The molecule has 0 saturated heterocycles. The van der Waals surface area contributed by atoms with Gasteiger partial charge in [0.1, 0.15) is 6.04 Å². The second-order valence-corrected chi connectivity index (χ2v) is 6.82. The summed E-state index contributed by atoms with van der Waals surface area (Å²) in [5.41, 5.74) is 5.70. The largest absolute Gasteiger partial charge is 0.480 e. The number of aliphatic carboxylic acids is 1. The van der Waals surface area contributed by atoms with Crippen molar-refractivity contribution in [3.8, 4) is 0 Å². The van der Waals surface area contributed by atoms with E-state index in [1.807, 2.05) is 13.8 Å². The van der Waals surface area contributed by atoms with Crippen molar-refractivity contribution in [2.75, 3.05) is 5.75 Å². The molecule has 1 unspecified atom stereocenters. The van der Waals surface area contributed by atoms with Gasteiger partial charge >= 0.3 is 5.97 Å². The van der Waals surface area contributed by atoms with E-state index in [0.29, 0.717) is 5.92 Å². The van der Waals surface area contributed by atoms with Gasteiger partial charge in [-0.3, -0.25) is 4.79 Å². The normalized spacial score (nSPS) is 15.6. The van der Waals surface area contributed by atoms with Crippen LogP contribution in [-0.2, 0) is 4.79 Å². The van der Waals surface area contributed by atoms with Gasteiger partial charge in [0.15, 0.2) is 0 Å². The monoisotopic (exact) mass is 261 g/mol. The summed E-state index contributed by atoms with van der Waals surface area (Å²) in [6.45, 7) is 8.24. The Kier molecular flexibility index (Phi) is 7.88. The first kappa shape index (κ1) is 16.8.